The molecule has 0 radical (unpaired) electrons. The summed E-state index contributed by atoms with van der Waals surface area (Å²) in [7, 11) is 3.46. The molecule has 1 aromatic heterocycles. The molecule has 0 aliphatic heterocycles. The van der Waals surface area contributed by atoms with Crippen LogP contribution < -0.4 is 10.1 Å². The number of nitrogens with one attached hydrogen (secondary N) is 1. The van der Waals surface area contributed by atoms with E-state index < -0.39 is 0 Å². The number of ether oxygens (including phenoxy) is 1. The van der Waals surface area contributed by atoms with Crippen molar-refractivity contribution in [3.8, 4) is 5.75 Å². The van der Waals surface area contributed by atoms with Crippen LogP contribution in [0.3, 0.4) is 0 Å². The summed E-state index contributed by atoms with van der Waals surface area (Å²) in [6.45, 7) is 0.534. The molecule has 21 heavy (non-hydrogen) atoms. The Kier molecular flexibility index (Phi) is 5.52. The Labute approximate surface area is 132 Å². The lowest BCUT2D eigenvalue weighted by molar-refractivity contribution is 0.0953. The third kappa shape index (κ3) is 4.15. The van der Waals surface area contributed by atoms with Gasteiger partial charge in [0.15, 0.2) is 5.16 Å². The average molecular weight is 326 g/mol. The SMILES string of the molecule is COc1ccc(Cl)cc1C(=O)NCCSc1nccn1C. The van der Waals surface area contributed by atoms with E-state index in [0.29, 0.717) is 22.9 Å². The second-order valence-corrected chi connectivity index (χ2v) is 5.77. The molecule has 0 atom stereocenters. The average Bonchev–Trinajstić information content (AvgIpc) is 2.88. The van der Waals surface area contributed by atoms with Gasteiger partial charge in [-0.1, -0.05) is 23.4 Å². The summed E-state index contributed by atoms with van der Waals surface area (Å²) in [4.78, 5) is 16.3. The topological polar surface area (TPSA) is 56.1 Å². The minimum atomic E-state index is -0.199. The van der Waals surface area contributed by atoms with Gasteiger partial charge in [-0.25, -0.2) is 4.98 Å². The van der Waals surface area contributed by atoms with Crippen LogP contribution in [0.1, 0.15) is 10.4 Å². The molecule has 0 saturated heterocycles. The molecule has 0 bridgehead atoms. The van der Waals surface area contributed by atoms with Crippen molar-refractivity contribution in [1.29, 1.82) is 0 Å². The van der Waals surface area contributed by atoms with E-state index >= 15 is 0 Å². The number of hydrogen-bond acceptors (Lipinski definition) is 4. The van der Waals surface area contributed by atoms with Crippen molar-refractivity contribution in [2.45, 2.75) is 5.16 Å². The highest BCUT2D eigenvalue weighted by molar-refractivity contribution is 7.99. The van der Waals surface area contributed by atoms with E-state index in [2.05, 4.69) is 10.3 Å². The van der Waals surface area contributed by atoms with E-state index in [1.165, 1.54) is 7.11 Å². The molecule has 2 rings (SSSR count). The van der Waals surface area contributed by atoms with Crippen LogP contribution in [-0.2, 0) is 7.05 Å². The lowest BCUT2D eigenvalue weighted by Crippen LogP contribution is -2.26. The molecule has 2 aromatic rings. The van der Waals surface area contributed by atoms with Crippen molar-refractivity contribution in [3.63, 3.8) is 0 Å². The predicted octanol–water partition coefficient (Wildman–Crippen LogP) is 2.60. The quantitative estimate of drug-likeness (QED) is 0.655. The number of benzene rings is 1. The number of halogens is 1. The highest BCUT2D eigenvalue weighted by Crippen LogP contribution is 2.22. The summed E-state index contributed by atoms with van der Waals surface area (Å²) in [6.07, 6.45) is 3.63. The second-order valence-electron chi connectivity index (χ2n) is 4.27. The maximum Gasteiger partial charge on any atom is 0.255 e. The van der Waals surface area contributed by atoms with Crippen LogP contribution in [0, 0.1) is 0 Å². The van der Waals surface area contributed by atoms with E-state index in [4.69, 9.17) is 16.3 Å². The lowest BCUT2D eigenvalue weighted by Gasteiger charge is -2.09. The van der Waals surface area contributed by atoms with Crippen molar-refractivity contribution >= 4 is 29.3 Å². The Balaban J connectivity index is 1.87. The maximum atomic E-state index is 12.1. The summed E-state index contributed by atoms with van der Waals surface area (Å²) in [5.41, 5.74) is 0.437. The van der Waals surface area contributed by atoms with E-state index in [1.807, 2.05) is 17.8 Å². The fourth-order valence-corrected chi connectivity index (χ4v) is 2.71. The van der Waals surface area contributed by atoms with Crippen LogP contribution in [0.15, 0.2) is 35.7 Å². The summed E-state index contributed by atoms with van der Waals surface area (Å²) in [6, 6.07) is 4.97. The van der Waals surface area contributed by atoms with Gasteiger partial charge in [0.05, 0.1) is 12.7 Å². The molecule has 0 aliphatic rings. The third-order valence-electron chi connectivity index (χ3n) is 2.80. The molecule has 0 spiro atoms. The van der Waals surface area contributed by atoms with Crippen molar-refractivity contribution in [2.75, 3.05) is 19.4 Å². The van der Waals surface area contributed by atoms with Gasteiger partial charge in [-0.15, -0.1) is 0 Å². The number of amides is 1. The largest absolute Gasteiger partial charge is 0.496 e. The number of thioether (sulfide) groups is 1. The summed E-state index contributed by atoms with van der Waals surface area (Å²) < 4.78 is 7.10. The van der Waals surface area contributed by atoms with Gasteiger partial charge in [-0.2, -0.15) is 0 Å². The van der Waals surface area contributed by atoms with Gasteiger partial charge in [0, 0.05) is 36.8 Å². The van der Waals surface area contributed by atoms with Gasteiger partial charge in [0.25, 0.3) is 5.91 Å². The molecular formula is C14H16ClN3O2S. The molecular weight excluding hydrogens is 310 g/mol. The molecule has 0 unspecified atom stereocenters. The molecule has 1 amide bonds. The van der Waals surface area contributed by atoms with Crippen molar-refractivity contribution in [1.82, 2.24) is 14.9 Å². The lowest BCUT2D eigenvalue weighted by atomic mass is 10.2. The number of carbonyl (C=O) groups is 1. The van der Waals surface area contributed by atoms with Crippen LogP contribution in [0.25, 0.3) is 0 Å². The molecule has 0 fully saturated rings. The first kappa shape index (κ1) is 15.7. The minimum absolute atomic E-state index is 0.199. The number of rotatable bonds is 6. The van der Waals surface area contributed by atoms with E-state index in [0.717, 1.165) is 10.9 Å². The Morgan fingerprint density at radius 3 is 3.00 bits per heavy atom. The molecule has 1 aromatic carbocycles. The van der Waals surface area contributed by atoms with Crippen molar-refractivity contribution in [2.24, 2.45) is 7.05 Å². The first-order valence-corrected chi connectivity index (χ1v) is 7.70. The van der Waals surface area contributed by atoms with Crippen LogP contribution in [0.4, 0.5) is 0 Å². The normalized spacial score (nSPS) is 10.4. The highest BCUT2D eigenvalue weighted by atomic mass is 35.5. The van der Waals surface area contributed by atoms with Gasteiger partial charge in [-0.05, 0) is 18.2 Å². The predicted molar refractivity (Wildman–Crippen MR) is 84.3 cm³/mol. The fourth-order valence-electron chi connectivity index (χ4n) is 1.75. The smallest absolute Gasteiger partial charge is 0.255 e. The number of methoxy groups -OCH3 is 1. The zero-order valence-electron chi connectivity index (χ0n) is 11.8. The Bertz CT molecular complexity index is 630. The second kappa shape index (κ2) is 7.38. The number of aromatic nitrogens is 2. The maximum absolute atomic E-state index is 12.1. The Hall–Kier alpha value is -1.66. The first-order valence-electron chi connectivity index (χ1n) is 6.33. The van der Waals surface area contributed by atoms with Crippen molar-refractivity contribution in [3.05, 3.63) is 41.2 Å². The molecule has 1 heterocycles. The van der Waals surface area contributed by atoms with E-state index in [9.17, 15) is 4.79 Å². The number of nitrogens with zero attached hydrogens (tertiary/aromatic N) is 2. The number of imidazole rings is 1. The highest BCUT2D eigenvalue weighted by Gasteiger charge is 2.12. The zero-order valence-corrected chi connectivity index (χ0v) is 13.4. The summed E-state index contributed by atoms with van der Waals surface area (Å²) in [5, 5.41) is 4.27. The van der Waals surface area contributed by atoms with Gasteiger partial charge < -0.3 is 14.6 Å². The van der Waals surface area contributed by atoms with Gasteiger partial charge in [0.1, 0.15) is 5.75 Å². The van der Waals surface area contributed by atoms with Gasteiger partial charge in [0.2, 0.25) is 0 Å². The molecule has 1 N–H and O–H groups in total. The molecule has 5 nitrogen and oxygen atoms in total. The third-order valence-corrected chi connectivity index (χ3v) is 4.10. The number of carbonyl (C=O) groups excluding carboxylic acids is 1. The molecule has 112 valence electrons. The number of hydrogen-bond donors (Lipinski definition) is 1. The van der Waals surface area contributed by atoms with Crippen LogP contribution in [0.2, 0.25) is 5.02 Å². The molecule has 7 heteroatoms. The molecule has 0 aliphatic carbocycles. The van der Waals surface area contributed by atoms with Gasteiger partial charge in [-0.3, -0.25) is 4.79 Å². The monoisotopic (exact) mass is 325 g/mol. The number of aryl methyl sites for hydroxylation is 1. The van der Waals surface area contributed by atoms with Crippen molar-refractivity contribution < 1.29 is 9.53 Å². The van der Waals surface area contributed by atoms with Crippen LogP contribution in [-0.4, -0.2) is 34.9 Å². The van der Waals surface area contributed by atoms with E-state index in [1.54, 1.807) is 36.2 Å². The summed E-state index contributed by atoms with van der Waals surface area (Å²) >= 11 is 7.50. The van der Waals surface area contributed by atoms with Crippen LogP contribution in [0.5, 0.6) is 5.75 Å². The van der Waals surface area contributed by atoms with Gasteiger partial charge >= 0.3 is 0 Å². The first-order chi connectivity index (χ1) is 10.1. The Morgan fingerprint density at radius 2 is 2.33 bits per heavy atom. The fraction of sp³-hybridized carbons (Fsp3) is 0.286. The van der Waals surface area contributed by atoms with E-state index in [-0.39, 0.29) is 5.91 Å². The molecule has 0 saturated carbocycles. The van der Waals surface area contributed by atoms with Crippen LogP contribution >= 0.6 is 23.4 Å². The standard InChI is InChI=1S/C14H16ClN3O2S/c1-18-7-5-17-14(18)21-8-6-16-13(19)11-9-10(15)3-4-12(11)20-2/h3-5,7,9H,6,8H2,1-2H3,(H,16,19). The minimum Gasteiger partial charge on any atom is -0.496 e. The zero-order chi connectivity index (χ0) is 15.2. The Morgan fingerprint density at radius 1 is 1.52 bits per heavy atom. The summed E-state index contributed by atoms with van der Waals surface area (Å²) in [5.74, 6) is 1.04.